The van der Waals surface area contributed by atoms with Crippen LogP contribution < -0.4 is 9.47 Å². The van der Waals surface area contributed by atoms with E-state index in [4.69, 9.17) is 9.47 Å². The summed E-state index contributed by atoms with van der Waals surface area (Å²) < 4.78 is 37.8. The summed E-state index contributed by atoms with van der Waals surface area (Å²) >= 11 is 0. The molecule has 0 aromatic heterocycles. The molecule has 0 amide bonds. The van der Waals surface area contributed by atoms with Crippen molar-refractivity contribution in [1.29, 1.82) is 0 Å². The Labute approximate surface area is 126 Å². The summed E-state index contributed by atoms with van der Waals surface area (Å²) in [4.78, 5) is 0.217. The predicted molar refractivity (Wildman–Crippen MR) is 81.3 cm³/mol. The van der Waals surface area contributed by atoms with Gasteiger partial charge in [0.1, 0.15) is 0 Å². The molecule has 1 aromatic carbocycles. The lowest BCUT2D eigenvalue weighted by atomic mass is 10.3. The molecule has 1 aliphatic heterocycles. The fourth-order valence-corrected chi connectivity index (χ4v) is 3.65. The summed E-state index contributed by atoms with van der Waals surface area (Å²) in [6.07, 6.45) is 0.785. The highest BCUT2D eigenvalue weighted by atomic mass is 32.2. The van der Waals surface area contributed by atoms with Crippen molar-refractivity contribution in [2.24, 2.45) is 0 Å². The number of nitrogens with zero attached hydrogens (tertiary/aromatic N) is 1. The molecule has 0 spiro atoms. The van der Waals surface area contributed by atoms with E-state index >= 15 is 0 Å². The molecule has 1 aromatic rings. The zero-order chi connectivity index (χ0) is 15.5. The summed E-state index contributed by atoms with van der Waals surface area (Å²) in [6, 6.07) is 4.75. The lowest BCUT2D eigenvalue weighted by molar-refractivity contribution is 0.297. The van der Waals surface area contributed by atoms with Crippen molar-refractivity contribution >= 4 is 10.0 Å². The number of fused-ring (bicyclic) bond motifs is 1. The van der Waals surface area contributed by atoms with E-state index < -0.39 is 10.0 Å². The highest BCUT2D eigenvalue weighted by molar-refractivity contribution is 7.89. The second-order valence-corrected chi connectivity index (χ2v) is 6.99. The van der Waals surface area contributed by atoms with E-state index in [9.17, 15) is 8.42 Å². The SMILES string of the molecule is C=C(C)CN(CC)S(=O)(=O)c1ccc2c(c1)OCCCO2. The number of sulfonamides is 1. The van der Waals surface area contributed by atoms with Gasteiger partial charge in [-0.15, -0.1) is 0 Å². The lowest BCUT2D eigenvalue weighted by Gasteiger charge is -2.21. The topological polar surface area (TPSA) is 55.8 Å². The van der Waals surface area contributed by atoms with Crippen LogP contribution in [0.5, 0.6) is 11.5 Å². The van der Waals surface area contributed by atoms with Gasteiger partial charge in [0.25, 0.3) is 0 Å². The average Bonchev–Trinajstić information content (AvgIpc) is 2.68. The number of benzene rings is 1. The van der Waals surface area contributed by atoms with E-state index in [0.717, 1.165) is 12.0 Å². The standard InChI is InChI=1S/C15H21NO4S/c1-4-16(11-12(2)3)21(17,18)13-6-7-14-15(10-13)20-9-5-8-19-14/h6-7,10H,2,4-5,8-9,11H2,1,3H3. The molecule has 0 fully saturated rings. The van der Waals surface area contributed by atoms with Gasteiger partial charge >= 0.3 is 0 Å². The summed E-state index contributed by atoms with van der Waals surface area (Å²) in [7, 11) is -3.55. The van der Waals surface area contributed by atoms with Crippen LogP contribution in [0.15, 0.2) is 35.2 Å². The number of likely N-dealkylation sites (N-methyl/N-ethyl adjacent to an activating group) is 1. The summed E-state index contributed by atoms with van der Waals surface area (Å²) in [6.45, 7) is 9.21. The number of hydrogen-bond donors (Lipinski definition) is 0. The Kier molecular flexibility index (Phi) is 4.90. The fraction of sp³-hybridized carbons (Fsp3) is 0.467. The lowest BCUT2D eigenvalue weighted by Crippen LogP contribution is -2.32. The molecule has 116 valence electrons. The second-order valence-electron chi connectivity index (χ2n) is 5.05. The first-order chi connectivity index (χ1) is 9.95. The van der Waals surface area contributed by atoms with Crippen molar-refractivity contribution in [2.75, 3.05) is 26.3 Å². The number of ether oxygens (including phenoxy) is 2. The van der Waals surface area contributed by atoms with Crippen LogP contribution in [0.3, 0.4) is 0 Å². The van der Waals surface area contributed by atoms with Crippen molar-refractivity contribution < 1.29 is 17.9 Å². The van der Waals surface area contributed by atoms with Gasteiger partial charge in [-0.25, -0.2) is 8.42 Å². The number of hydrogen-bond acceptors (Lipinski definition) is 4. The van der Waals surface area contributed by atoms with Crippen LogP contribution in [-0.4, -0.2) is 39.0 Å². The summed E-state index contributed by atoms with van der Waals surface area (Å²) in [5, 5.41) is 0. The van der Waals surface area contributed by atoms with Gasteiger partial charge in [0.2, 0.25) is 10.0 Å². The minimum atomic E-state index is -3.55. The maximum absolute atomic E-state index is 12.7. The smallest absolute Gasteiger partial charge is 0.243 e. The largest absolute Gasteiger partial charge is 0.490 e. The van der Waals surface area contributed by atoms with Crippen LogP contribution >= 0.6 is 0 Å². The maximum Gasteiger partial charge on any atom is 0.243 e. The molecule has 1 aliphatic rings. The molecule has 1 heterocycles. The zero-order valence-electron chi connectivity index (χ0n) is 12.5. The molecule has 5 nitrogen and oxygen atoms in total. The third-order valence-electron chi connectivity index (χ3n) is 3.16. The highest BCUT2D eigenvalue weighted by Gasteiger charge is 2.25. The first-order valence-corrected chi connectivity index (χ1v) is 8.43. The molecule has 0 unspecified atom stereocenters. The van der Waals surface area contributed by atoms with Crippen LogP contribution in [0, 0.1) is 0 Å². The highest BCUT2D eigenvalue weighted by Crippen LogP contribution is 2.32. The minimum absolute atomic E-state index is 0.217. The minimum Gasteiger partial charge on any atom is -0.490 e. The zero-order valence-corrected chi connectivity index (χ0v) is 13.3. The molecule has 0 N–H and O–H groups in total. The Morgan fingerprint density at radius 3 is 2.57 bits per heavy atom. The molecule has 0 atom stereocenters. The third-order valence-corrected chi connectivity index (χ3v) is 5.07. The third kappa shape index (κ3) is 3.57. The van der Waals surface area contributed by atoms with E-state index in [2.05, 4.69) is 6.58 Å². The van der Waals surface area contributed by atoms with E-state index in [1.54, 1.807) is 12.1 Å². The van der Waals surface area contributed by atoms with Gasteiger partial charge in [-0.1, -0.05) is 19.1 Å². The van der Waals surface area contributed by atoms with E-state index in [0.29, 0.717) is 37.8 Å². The Hall–Kier alpha value is -1.53. The molecule has 0 bridgehead atoms. The van der Waals surface area contributed by atoms with Gasteiger partial charge < -0.3 is 9.47 Å². The molecule has 6 heteroatoms. The van der Waals surface area contributed by atoms with Crippen molar-refractivity contribution in [2.45, 2.75) is 25.2 Å². The second kappa shape index (κ2) is 6.49. The van der Waals surface area contributed by atoms with E-state index in [1.807, 2.05) is 13.8 Å². The van der Waals surface area contributed by atoms with Crippen LogP contribution in [0.4, 0.5) is 0 Å². The molecule has 0 saturated carbocycles. The van der Waals surface area contributed by atoms with E-state index in [1.165, 1.54) is 10.4 Å². The molecule has 0 aliphatic carbocycles. The van der Waals surface area contributed by atoms with Crippen LogP contribution in [0.2, 0.25) is 0 Å². The molecular weight excluding hydrogens is 290 g/mol. The van der Waals surface area contributed by atoms with Crippen LogP contribution in [0.1, 0.15) is 20.3 Å². The number of rotatable bonds is 5. The average molecular weight is 311 g/mol. The fourth-order valence-electron chi connectivity index (χ4n) is 2.12. The predicted octanol–water partition coefficient (Wildman–Crippen LogP) is 2.43. The maximum atomic E-state index is 12.7. The Morgan fingerprint density at radius 2 is 1.95 bits per heavy atom. The monoisotopic (exact) mass is 311 g/mol. The van der Waals surface area contributed by atoms with Gasteiger partial charge in [0.05, 0.1) is 18.1 Å². The summed E-state index contributed by atoms with van der Waals surface area (Å²) in [5.41, 5.74) is 0.801. The molecular formula is C15H21NO4S. The first kappa shape index (κ1) is 15.9. The Bertz CT molecular complexity index is 625. The summed E-state index contributed by atoms with van der Waals surface area (Å²) in [5.74, 6) is 1.08. The van der Waals surface area contributed by atoms with Crippen molar-refractivity contribution in [3.63, 3.8) is 0 Å². The Balaban J connectivity index is 2.35. The normalized spacial score (nSPS) is 14.8. The van der Waals surface area contributed by atoms with Crippen molar-refractivity contribution in [1.82, 2.24) is 4.31 Å². The van der Waals surface area contributed by atoms with Crippen molar-refractivity contribution in [3.05, 3.63) is 30.4 Å². The molecule has 21 heavy (non-hydrogen) atoms. The van der Waals surface area contributed by atoms with Gasteiger partial charge in [0.15, 0.2) is 11.5 Å². The van der Waals surface area contributed by atoms with Crippen molar-refractivity contribution in [3.8, 4) is 11.5 Å². The van der Waals surface area contributed by atoms with Gasteiger partial charge in [-0.05, 0) is 19.1 Å². The van der Waals surface area contributed by atoms with Crippen LogP contribution in [-0.2, 0) is 10.0 Å². The molecule has 2 rings (SSSR count). The molecule has 0 saturated heterocycles. The van der Waals surface area contributed by atoms with E-state index in [-0.39, 0.29) is 4.90 Å². The van der Waals surface area contributed by atoms with Gasteiger partial charge in [-0.2, -0.15) is 4.31 Å². The van der Waals surface area contributed by atoms with Gasteiger partial charge in [-0.3, -0.25) is 0 Å². The van der Waals surface area contributed by atoms with Gasteiger partial charge in [0, 0.05) is 25.6 Å². The Morgan fingerprint density at radius 1 is 1.29 bits per heavy atom. The van der Waals surface area contributed by atoms with Crippen LogP contribution in [0.25, 0.3) is 0 Å². The quantitative estimate of drug-likeness (QED) is 0.784. The molecule has 0 radical (unpaired) electrons. The first-order valence-electron chi connectivity index (χ1n) is 6.99.